The molecule has 1 aliphatic rings. The number of carbonyl (C=O) groups excluding carboxylic acids is 2. The minimum absolute atomic E-state index is 0.0649. The highest BCUT2D eigenvalue weighted by Gasteiger charge is 2.29. The zero-order valence-corrected chi connectivity index (χ0v) is 15.9. The lowest BCUT2D eigenvalue weighted by Crippen LogP contribution is -2.52. The molecule has 1 saturated carbocycles. The van der Waals surface area contributed by atoms with Crippen LogP contribution in [0.5, 0.6) is 0 Å². The normalized spacial score (nSPS) is 21.7. The van der Waals surface area contributed by atoms with E-state index in [0.717, 1.165) is 24.8 Å². The Labute approximate surface area is 165 Å². The highest BCUT2D eigenvalue weighted by atomic mass is 16.2. The summed E-state index contributed by atoms with van der Waals surface area (Å²) in [7, 11) is 0. The van der Waals surface area contributed by atoms with E-state index in [1.54, 1.807) is 18.2 Å². The van der Waals surface area contributed by atoms with E-state index in [4.69, 9.17) is 11.5 Å². The van der Waals surface area contributed by atoms with E-state index in [-0.39, 0.29) is 30.4 Å². The molecular weight excluding hydrogens is 352 g/mol. The van der Waals surface area contributed by atoms with E-state index in [2.05, 4.69) is 22.8 Å². The molecule has 0 aliphatic heterocycles. The lowest BCUT2D eigenvalue weighted by Gasteiger charge is -2.34. The molecule has 6 heteroatoms. The van der Waals surface area contributed by atoms with Crippen LogP contribution in [0.4, 0.5) is 0 Å². The number of rotatable bonds is 6. The third-order valence-corrected chi connectivity index (χ3v) is 5.35. The average Bonchev–Trinajstić information content (AvgIpc) is 2.74. The van der Waals surface area contributed by atoms with Gasteiger partial charge in [-0.25, -0.2) is 0 Å². The number of hydrogen-bond acceptors (Lipinski definition) is 4. The summed E-state index contributed by atoms with van der Waals surface area (Å²) in [5.41, 5.74) is 14.6. The zero-order chi connectivity index (χ0) is 19.9. The lowest BCUT2D eigenvalue weighted by atomic mass is 9.79. The van der Waals surface area contributed by atoms with Gasteiger partial charge in [-0.3, -0.25) is 9.59 Å². The second kappa shape index (κ2) is 9.48. The van der Waals surface area contributed by atoms with Gasteiger partial charge in [-0.2, -0.15) is 0 Å². The summed E-state index contributed by atoms with van der Waals surface area (Å²) >= 11 is 0. The molecule has 0 aromatic heterocycles. The first-order valence-electron chi connectivity index (χ1n) is 9.74. The number of nitrogens with one attached hydrogen (secondary N) is 2. The highest BCUT2D eigenvalue weighted by molar-refractivity contribution is 5.96. The van der Waals surface area contributed by atoms with E-state index in [0.29, 0.717) is 18.0 Å². The molecule has 6 N–H and O–H groups in total. The molecule has 3 atom stereocenters. The molecule has 148 valence electrons. The summed E-state index contributed by atoms with van der Waals surface area (Å²) in [6, 6.07) is 17.3. The van der Waals surface area contributed by atoms with Crippen molar-refractivity contribution in [2.75, 3.05) is 6.54 Å². The van der Waals surface area contributed by atoms with Crippen molar-refractivity contribution in [2.24, 2.45) is 11.5 Å². The third kappa shape index (κ3) is 5.18. The predicted octanol–water partition coefficient (Wildman–Crippen LogP) is 1.65. The molecule has 6 nitrogen and oxygen atoms in total. The average molecular weight is 380 g/mol. The molecule has 0 radical (unpaired) electrons. The maximum absolute atomic E-state index is 12.3. The molecule has 2 aromatic carbocycles. The second-order valence-corrected chi connectivity index (χ2v) is 7.35. The van der Waals surface area contributed by atoms with Gasteiger partial charge in [-0.05, 0) is 48.4 Å². The Hall–Kier alpha value is -2.70. The van der Waals surface area contributed by atoms with Crippen LogP contribution in [0.2, 0.25) is 0 Å². The predicted molar refractivity (Wildman–Crippen MR) is 110 cm³/mol. The van der Waals surface area contributed by atoms with Gasteiger partial charge in [0.15, 0.2) is 0 Å². The molecule has 1 unspecified atom stereocenters. The van der Waals surface area contributed by atoms with Crippen LogP contribution in [-0.4, -0.2) is 30.4 Å². The van der Waals surface area contributed by atoms with Gasteiger partial charge in [0.2, 0.25) is 5.91 Å². The summed E-state index contributed by atoms with van der Waals surface area (Å²) in [5, 5.41) is 5.63. The van der Waals surface area contributed by atoms with Gasteiger partial charge in [0.1, 0.15) is 0 Å². The van der Waals surface area contributed by atoms with Crippen molar-refractivity contribution in [1.82, 2.24) is 10.6 Å². The molecule has 28 heavy (non-hydrogen) atoms. The molecule has 0 bridgehead atoms. The van der Waals surface area contributed by atoms with Crippen LogP contribution in [0.3, 0.4) is 0 Å². The van der Waals surface area contributed by atoms with Crippen LogP contribution >= 0.6 is 0 Å². The van der Waals surface area contributed by atoms with E-state index >= 15 is 0 Å². The Kier molecular flexibility index (Phi) is 6.79. The maximum atomic E-state index is 12.3. The minimum Gasteiger partial charge on any atom is -0.350 e. The number of carbonyl (C=O) groups is 2. The molecule has 2 aromatic rings. The number of hydrogen-bond donors (Lipinski definition) is 4. The minimum atomic E-state index is -0.289. The van der Waals surface area contributed by atoms with Crippen molar-refractivity contribution in [3.8, 4) is 0 Å². The maximum Gasteiger partial charge on any atom is 0.251 e. The van der Waals surface area contributed by atoms with E-state index in [1.165, 1.54) is 5.56 Å². The monoisotopic (exact) mass is 380 g/mol. The van der Waals surface area contributed by atoms with E-state index in [9.17, 15) is 9.59 Å². The zero-order valence-electron chi connectivity index (χ0n) is 15.9. The Morgan fingerprint density at radius 3 is 2.54 bits per heavy atom. The van der Waals surface area contributed by atoms with Crippen LogP contribution in [0.25, 0.3) is 0 Å². The fourth-order valence-corrected chi connectivity index (χ4v) is 3.77. The fourth-order valence-electron chi connectivity index (χ4n) is 3.77. The van der Waals surface area contributed by atoms with Gasteiger partial charge in [0, 0.05) is 24.2 Å². The van der Waals surface area contributed by atoms with Crippen LogP contribution in [0.15, 0.2) is 54.6 Å². The lowest BCUT2D eigenvalue weighted by molar-refractivity contribution is -0.121. The van der Waals surface area contributed by atoms with Gasteiger partial charge < -0.3 is 22.1 Å². The molecule has 3 rings (SSSR count). The van der Waals surface area contributed by atoms with Gasteiger partial charge in [-0.15, -0.1) is 0 Å². The van der Waals surface area contributed by atoms with E-state index in [1.807, 2.05) is 24.3 Å². The summed E-state index contributed by atoms with van der Waals surface area (Å²) in [4.78, 5) is 24.5. The van der Waals surface area contributed by atoms with Crippen LogP contribution in [0, 0.1) is 0 Å². The third-order valence-electron chi connectivity index (χ3n) is 5.35. The summed E-state index contributed by atoms with van der Waals surface area (Å²) in [5.74, 6) is -0.0802. The number of amides is 2. The van der Waals surface area contributed by atoms with Gasteiger partial charge in [0.25, 0.3) is 5.91 Å². The summed E-state index contributed by atoms with van der Waals surface area (Å²) < 4.78 is 0. The molecule has 0 saturated heterocycles. The largest absolute Gasteiger partial charge is 0.350 e. The Balaban J connectivity index is 1.46. The first-order valence-corrected chi connectivity index (χ1v) is 9.74. The van der Waals surface area contributed by atoms with Crippen LogP contribution < -0.4 is 22.1 Å². The fraction of sp³-hybridized carbons (Fsp3) is 0.364. The van der Waals surface area contributed by atoms with Gasteiger partial charge >= 0.3 is 0 Å². The van der Waals surface area contributed by atoms with Crippen molar-refractivity contribution in [3.05, 3.63) is 71.3 Å². The molecule has 0 spiro atoms. The van der Waals surface area contributed by atoms with Gasteiger partial charge in [-0.1, -0.05) is 42.5 Å². The standard InChI is InChI=1S/C22H28N4O2/c23-13-15-5-4-8-18(11-15)22(28)25-14-21(27)26-20-10-9-17(12-19(20)24)16-6-2-1-3-7-16/h1-8,11,17,19-20H,9-10,12-14,23-24H2,(H,25,28)(H,26,27)/t17?,19-,20+/m0/s1. The topological polar surface area (TPSA) is 110 Å². The molecule has 0 heterocycles. The second-order valence-electron chi connectivity index (χ2n) is 7.35. The first kappa shape index (κ1) is 20.0. The van der Waals surface area contributed by atoms with Crippen molar-refractivity contribution in [2.45, 2.75) is 43.8 Å². The Morgan fingerprint density at radius 1 is 1.04 bits per heavy atom. The van der Waals surface area contributed by atoms with Crippen LogP contribution in [-0.2, 0) is 11.3 Å². The van der Waals surface area contributed by atoms with Crippen LogP contribution in [0.1, 0.15) is 46.7 Å². The Bertz CT molecular complexity index is 809. The quantitative estimate of drug-likeness (QED) is 0.611. The number of benzene rings is 2. The molecule has 1 fully saturated rings. The smallest absolute Gasteiger partial charge is 0.251 e. The Morgan fingerprint density at radius 2 is 1.82 bits per heavy atom. The molecule has 2 amide bonds. The van der Waals surface area contributed by atoms with Crippen molar-refractivity contribution in [3.63, 3.8) is 0 Å². The van der Waals surface area contributed by atoms with Crippen molar-refractivity contribution in [1.29, 1.82) is 0 Å². The molecular formula is C22H28N4O2. The van der Waals surface area contributed by atoms with E-state index < -0.39 is 0 Å². The van der Waals surface area contributed by atoms with Gasteiger partial charge in [0.05, 0.1) is 6.54 Å². The first-order chi connectivity index (χ1) is 13.6. The SMILES string of the molecule is NCc1cccc(C(=O)NCC(=O)N[C@@H]2CCC(c3ccccc3)C[C@@H]2N)c1. The summed E-state index contributed by atoms with van der Waals surface area (Å²) in [6.45, 7) is 0.294. The molecule has 1 aliphatic carbocycles. The van der Waals surface area contributed by atoms with Crippen molar-refractivity contribution >= 4 is 11.8 Å². The summed E-state index contributed by atoms with van der Waals surface area (Å²) in [6.07, 6.45) is 2.66. The highest BCUT2D eigenvalue weighted by Crippen LogP contribution is 2.32. The number of nitrogens with two attached hydrogens (primary N) is 2. The van der Waals surface area contributed by atoms with Crippen molar-refractivity contribution < 1.29 is 9.59 Å².